The smallest absolute Gasteiger partial charge is 0.352 e. The van der Waals surface area contributed by atoms with Crippen LogP contribution in [0.3, 0.4) is 0 Å². The Morgan fingerprint density at radius 3 is 2.56 bits per heavy atom. The second-order valence-electron chi connectivity index (χ2n) is 7.26. The van der Waals surface area contributed by atoms with Crippen molar-refractivity contribution in [3.05, 3.63) is 74.4 Å². The Kier molecular flexibility index (Phi) is 5.70. The van der Waals surface area contributed by atoms with Gasteiger partial charge in [-0.05, 0) is 52.7 Å². The van der Waals surface area contributed by atoms with Crippen molar-refractivity contribution < 1.29 is 14.6 Å². The lowest BCUT2D eigenvalue weighted by Crippen LogP contribution is -2.23. The van der Waals surface area contributed by atoms with Crippen molar-refractivity contribution in [2.24, 2.45) is 7.05 Å². The van der Waals surface area contributed by atoms with E-state index in [9.17, 15) is 14.7 Å². The van der Waals surface area contributed by atoms with Crippen LogP contribution in [0.25, 0.3) is 11.0 Å². The van der Waals surface area contributed by atoms with Crippen LogP contribution in [0.15, 0.2) is 51.9 Å². The minimum Gasteiger partial charge on any atom is -0.497 e. The molecule has 9 nitrogen and oxygen atoms in total. The number of halogens is 1. The Morgan fingerprint density at radius 2 is 1.94 bits per heavy atom. The number of methoxy groups -OCH3 is 1. The third kappa shape index (κ3) is 4.09. The summed E-state index contributed by atoms with van der Waals surface area (Å²) in [6.45, 7) is 2.14. The lowest BCUT2D eigenvalue weighted by Gasteiger charge is -2.14. The number of rotatable bonds is 6. The van der Waals surface area contributed by atoms with Crippen LogP contribution >= 0.6 is 15.9 Å². The van der Waals surface area contributed by atoms with Crippen LogP contribution < -0.4 is 15.6 Å². The minimum absolute atomic E-state index is 0.130. The number of aromatic carboxylic acids is 1. The summed E-state index contributed by atoms with van der Waals surface area (Å²) < 4.78 is 8.69. The summed E-state index contributed by atoms with van der Waals surface area (Å²) in [6, 6.07) is 10.7. The summed E-state index contributed by atoms with van der Waals surface area (Å²) in [7, 11) is 3.24. The fourth-order valence-corrected chi connectivity index (χ4v) is 3.89. The molecule has 0 atom stereocenters. The van der Waals surface area contributed by atoms with Gasteiger partial charge in [0.05, 0.1) is 29.5 Å². The van der Waals surface area contributed by atoms with E-state index in [1.807, 2.05) is 31.2 Å². The van der Waals surface area contributed by atoms with Crippen LogP contribution in [0.5, 0.6) is 5.75 Å². The van der Waals surface area contributed by atoms with Crippen LogP contribution in [-0.4, -0.2) is 37.3 Å². The predicted molar refractivity (Wildman–Crippen MR) is 124 cm³/mol. The fraction of sp³-hybridized carbons (Fsp3) is 0.182. The number of hydrogen-bond donors (Lipinski definition) is 2. The zero-order valence-electron chi connectivity index (χ0n) is 17.6. The van der Waals surface area contributed by atoms with Gasteiger partial charge in [-0.15, -0.1) is 0 Å². The lowest BCUT2D eigenvalue weighted by molar-refractivity contribution is 0.0686. The first-order chi connectivity index (χ1) is 15.3. The van der Waals surface area contributed by atoms with Gasteiger partial charge < -0.3 is 19.7 Å². The molecule has 0 aliphatic carbocycles. The average molecular weight is 498 g/mol. The van der Waals surface area contributed by atoms with Gasteiger partial charge in [0.2, 0.25) is 5.95 Å². The van der Waals surface area contributed by atoms with E-state index >= 15 is 0 Å². The van der Waals surface area contributed by atoms with Crippen LogP contribution in [0.2, 0.25) is 0 Å². The van der Waals surface area contributed by atoms with Gasteiger partial charge >= 0.3 is 5.97 Å². The molecule has 0 saturated carbocycles. The first-order valence-electron chi connectivity index (χ1n) is 9.64. The summed E-state index contributed by atoms with van der Waals surface area (Å²) in [5.41, 5.74) is 2.50. The Morgan fingerprint density at radius 1 is 1.22 bits per heavy atom. The van der Waals surface area contributed by atoms with E-state index < -0.39 is 5.97 Å². The Balaban J connectivity index is 1.79. The number of carbonyl (C=O) groups is 1. The van der Waals surface area contributed by atoms with E-state index in [1.165, 1.54) is 10.6 Å². The third-order valence-corrected chi connectivity index (χ3v) is 5.64. The van der Waals surface area contributed by atoms with Gasteiger partial charge in [0.25, 0.3) is 5.56 Å². The molecule has 0 amide bonds. The summed E-state index contributed by atoms with van der Waals surface area (Å²) in [6.07, 6.45) is 1.64. The highest BCUT2D eigenvalue weighted by molar-refractivity contribution is 9.10. The first-order valence-corrected chi connectivity index (χ1v) is 10.4. The lowest BCUT2D eigenvalue weighted by atomic mass is 10.2. The number of aromatic nitrogens is 4. The fourth-order valence-electron chi connectivity index (χ4n) is 3.45. The molecule has 0 bridgehead atoms. The van der Waals surface area contributed by atoms with Gasteiger partial charge in [-0.2, -0.15) is 4.98 Å². The quantitative estimate of drug-likeness (QED) is 0.417. The van der Waals surface area contributed by atoms with Crippen molar-refractivity contribution in [2.75, 3.05) is 12.4 Å². The Labute approximate surface area is 191 Å². The maximum absolute atomic E-state index is 13.0. The molecule has 0 fully saturated rings. The molecule has 164 valence electrons. The predicted octanol–water partition coefficient (Wildman–Crippen LogP) is 3.70. The highest BCUT2D eigenvalue weighted by Crippen LogP contribution is 2.23. The third-order valence-electron chi connectivity index (χ3n) is 5.07. The number of carboxylic acid groups (broad SMARTS) is 1. The summed E-state index contributed by atoms with van der Waals surface area (Å²) >= 11 is 3.35. The maximum Gasteiger partial charge on any atom is 0.352 e. The Bertz CT molecular complexity index is 1390. The monoisotopic (exact) mass is 497 g/mol. The van der Waals surface area contributed by atoms with E-state index in [0.29, 0.717) is 28.0 Å². The average Bonchev–Trinajstić information content (AvgIpc) is 3.13. The number of hydrogen-bond acceptors (Lipinski definition) is 6. The summed E-state index contributed by atoms with van der Waals surface area (Å²) in [4.78, 5) is 33.3. The van der Waals surface area contributed by atoms with Gasteiger partial charge in [0.1, 0.15) is 17.1 Å². The van der Waals surface area contributed by atoms with E-state index in [4.69, 9.17) is 4.74 Å². The number of pyridine rings is 1. The molecule has 10 heteroatoms. The zero-order valence-corrected chi connectivity index (χ0v) is 19.2. The second kappa shape index (κ2) is 8.46. The van der Waals surface area contributed by atoms with Gasteiger partial charge in [0, 0.05) is 18.6 Å². The van der Waals surface area contributed by atoms with Gasteiger partial charge in [-0.25, -0.2) is 9.78 Å². The number of nitrogens with one attached hydrogen (secondary N) is 1. The van der Waals surface area contributed by atoms with Crippen molar-refractivity contribution in [2.45, 2.75) is 13.5 Å². The molecule has 32 heavy (non-hydrogen) atoms. The molecular weight excluding hydrogens is 478 g/mol. The standard InChI is InChI=1S/C22H20BrN5O4/c1-12-16-9-17(23)20(29)28(10-13-4-6-15(32-3)7-5-13)19(16)26-22(24-12)25-14-8-18(21(30)31)27(2)11-14/h4-9,11H,10H2,1-3H3,(H,30,31)(H,24,25,26). The number of anilines is 2. The number of fused-ring (bicyclic) bond motifs is 1. The molecular formula is C22H20BrN5O4. The van der Waals surface area contributed by atoms with Crippen molar-refractivity contribution >= 4 is 44.6 Å². The van der Waals surface area contributed by atoms with Gasteiger partial charge in [-0.3, -0.25) is 9.36 Å². The number of nitrogens with zero attached hydrogens (tertiary/aromatic N) is 4. The van der Waals surface area contributed by atoms with Gasteiger partial charge in [0.15, 0.2) is 0 Å². The van der Waals surface area contributed by atoms with Crippen molar-refractivity contribution in [1.29, 1.82) is 0 Å². The molecule has 3 heterocycles. The molecule has 1 aromatic carbocycles. The van der Waals surface area contributed by atoms with E-state index in [0.717, 1.165) is 16.7 Å². The molecule has 0 aliphatic rings. The number of aryl methyl sites for hydroxylation is 2. The van der Waals surface area contributed by atoms with Gasteiger partial charge in [-0.1, -0.05) is 12.1 Å². The SMILES string of the molecule is COc1ccc(Cn2c(=O)c(Br)cc3c(C)nc(Nc4cc(C(=O)O)n(C)c4)nc32)cc1. The number of ether oxygens (including phenoxy) is 1. The molecule has 0 unspecified atom stereocenters. The molecule has 4 aromatic rings. The largest absolute Gasteiger partial charge is 0.497 e. The summed E-state index contributed by atoms with van der Waals surface area (Å²) in [5.74, 6) is -0.0365. The van der Waals surface area contributed by atoms with Crippen molar-refractivity contribution in [3.63, 3.8) is 0 Å². The molecule has 0 radical (unpaired) electrons. The van der Waals surface area contributed by atoms with Crippen LogP contribution in [0.1, 0.15) is 21.7 Å². The van der Waals surface area contributed by atoms with E-state index in [2.05, 4.69) is 31.2 Å². The molecule has 2 N–H and O–H groups in total. The van der Waals surface area contributed by atoms with Crippen molar-refractivity contribution in [3.8, 4) is 5.75 Å². The van der Waals surface area contributed by atoms with E-state index in [-0.39, 0.29) is 17.2 Å². The van der Waals surface area contributed by atoms with Crippen molar-refractivity contribution in [1.82, 2.24) is 19.1 Å². The minimum atomic E-state index is -1.03. The molecule has 3 aromatic heterocycles. The van der Waals surface area contributed by atoms with E-state index in [1.54, 1.807) is 31.0 Å². The number of benzene rings is 1. The highest BCUT2D eigenvalue weighted by Gasteiger charge is 2.15. The van der Waals surface area contributed by atoms with Crippen LogP contribution in [0.4, 0.5) is 11.6 Å². The van der Waals surface area contributed by atoms with Crippen LogP contribution in [0, 0.1) is 6.92 Å². The second-order valence-corrected chi connectivity index (χ2v) is 8.11. The highest BCUT2D eigenvalue weighted by atomic mass is 79.9. The van der Waals surface area contributed by atoms with Crippen LogP contribution in [-0.2, 0) is 13.6 Å². The molecule has 0 spiro atoms. The maximum atomic E-state index is 13.0. The topological polar surface area (TPSA) is 111 Å². The normalized spacial score (nSPS) is 11.0. The summed E-state index contributed by atoms with van der Waals surface area (Å²) in [5, 5.41) is 13.0. The first kappa shape index (κ1) is 21.6. The Hall–Kier alpha value is -3.66. The zero-order chi connectivity index (χ0) is 23.0. The molecule has 0 aliphatic heterocycles. The molecule has 0 saturated heterocycles. The molecule has 4 rings (SSSR count). The number of carboxylic acids is 1.